The molecule has 1 aromatic heterocycles. The van der Waals surface area contributed by atoms with Crippen molar-refractivity contribution in [2.24, 2.45) is 0 Å². The molecule has 0 radical (unpaired) electrons. The van der Waals surface area contributed by atoms with Gasteiger partial charge in [0.25, 0.3) is 0 Å². The molecule has 5 heteroatoms. The number of ether oxygens (including phenoxy) is 1. The Bertz CT molecular complexity index is 395. The van der Waals surface area contributed by atoms with Gasteiger partial charge in [-0.2, -0.15) is 0 Å². The number of carbonyl (C=O) groups excluding carboxylic acids is 1. The van der Waals surface area contributed by atoms with Gasteiger partial charge in [0.1, 0.15) is 4.88 Å². The normalized spacial score (nSPS) is 16.7. The summed E-state index contributed by atoms with van der Waals surface area (Å²) in [6, 6.07) is 0. The molecule has 0 bridgehead atoms. The van der Waals surface area contributed by atoms with E-state index in [4.69, 9.17) is 4.74 Å². The number of aryl methyl sites for hydroxylation is 1. The fraction of sp³-hybridized carbons (Fsp3) is 0.667. The number of hydrogen-bond donors (Lipinski definition) is 0. The fourth-order valence-corrected chi connectivity index (χ4v) is 3.10. The van der Waals surface area contributed by atoms with E-state index < -0.39 is 0 Å². The minimum absolute atomic E-state index is 0.277. The fourth-order valence-electron chi connectivity index (χ4n) is 2.06. The molecule has 1 fully saturated rings. The van der Waals surface area contributed by atoms with Gasteiger partial charge in [0.2, 0.25) is 0 Å². The standard InChI is InChI=1S/C12H18N2O2S/c1-9-10(11(15)16-2)17-12(13-9)14-7-5-3-4-6-8-14/h3-8H2,1-2H3. The Morgan fingerprint density at radius 3 is 2.53 bits per heavy atom. The molecule has 0 spiro atoms. The maximum absolute atomic E-state index is 11.5. The highest BCUT2D eigenvalue weighted by Crippen LogP contribution is 2.28. The lowest BCUT2D eigenvalue weighted by molar-refractivity contribution is 0.0605. The Morgan fingerprint density at radius 2 is 1.94 bits per heavy atom. The first kappa shape index (κ1) is 12.4. The molecule has 0 saturated carbocycles. The van der Waals surface area contributed by atoms with Gasteiger partial charge >= 0.3 is 5.97 Å². The predicted octanol–water partition coefficient (Wildman–Crippen LogP) is 2.62. The van der Waals surface area contributed by atoms with Gasteiger partial charge in [-0.05, 0) is 19.8 Å². The number of rotatable bonds is 2. The van der Waals surface area contributed by atoms with Crippen molar-refractivity contribution in [1.29, 1.82) is 0 Å². The molecule has 0 unspecified atom stereocenters. The van der Waals surface area contributed by atoms with E-state index in [0.29, 0.717) is 4.88 Å². The van der Waals surface area contributed by atoms with E-state index in [2.05, 4.69) is 9.88 Å². The van der Waals surface area contributed by atoms with Crippen molar-refractivity contribution in [1.82, 2.24) is 4.98 Å². The number of esters is 1. The molecule has 1 aromatic rings. The van der Waals surface area contributed by atoms with Crippen molar-refractivity contribution in [3.05, 3.63) is 10.6 Å². The van der Waals surface area contributed by atoms with Gasteiger partial charge in [-0.15, -0.1) is 0 Å². The number of anilines is 1. The number of hydrogen-bond acceptors (Lipinski definition) is 5. The number of methoxy groups -OCH3 is 1. The summed E-state index contributed by atoms with van der Waals surface area (Å²) in [7, 11) is 1.41. The average Bonchev–Trinajstić information content (AvgIpc) is 2.57. The zero-order valence-electron chi connectivity index (χ0n) is 10.4. The van der Waals surface area contributed by atoms with Crippen LogP contribution in [0.3, 0.4) is 0 Å². The lowest BCUT2D eigenvalue weighted by atomic mass is 10.2. The van der Waals surface area contributed by atoms with Crippen LogP contribution in [0.25, 0.3) is 0 Å². The molecule has 0 N–H and O–H groups in total. The van der Waals surface area contributed by atoms with Gasteiger partial charge in [-0.3, -0.25) is 0 Å². The second-order valence-electron chi connectivity index (χ2n) is 4.30. The molecular formula is C12H18N2O2S. The average molecular weight is 254 g/mol. The van der Waals surface area contributed by atoms with Crippen LogP contribution in [-0.2, 0) is 4.74 Å². The molecule has 1 aliphatic rings. The van der Waals surface area contributed by atoms with E-state index in [-0.39, 0.29) is 5.97 Å². The van der Waals surface area contributed by atoms with Gasteiger partial charge in [-0.25, -0.2) is 9.78 Å². The summed E-state index contributed by atoms with van der Waals surface area (Å²) in [6.07, 6.45) is 5.02. The lowest BCUT2D eigenvalue weighted by Gasteiger charge is -2.18. The number of thiazole rings is 1. The van der Waals surface area contributed by atoms with Crippen molar-refractivity contribution in [2.45, 2.75) is 32.6 Å². The minimum Gasteiger partial charge on any atom is -0.465 e. The molecule has 1 saturated heterocycles. The van der Waals surface area contributed by atoms with E-state index in [1.54, 1.807) is 0 Å². The first-order valence-electron chi connectivity index (χ1n) is 6.03. The van der Waals surface area contributed by atoms with Crippen molar-refractivity contribution < 1.29 is 9.53 Å². The number of nitrogens with zero attached hydrogens (tertiary/aromatic N) is 2. The zero-order chi connectivity index (χ0) is 12.3. The van der Waals surface area contributed by atoms with E-state index in [0.717, 1.165) is 23.9 Å². The quantitative estimate of drug-likeness (QED) is 0.761. The molecule has 17 heavy (non-hydrogen) atoms. The molecule has 2 heterocycles. The van der Waals surface area contributed by atoms with Crippen LogP contribution < -0.4 is 4.90 Å². The Balaban J connectivity index is 2.18. The second-order valence-corrected chi connectivity index (χ2v) is 5.28. The van der Waals surface area contributed by atoms with Crippen molar-refractivity contribution in [2.75, 3.05) is 25.1 Å². The monoisotopic (exact) mass is 254 g/mol. The van der Waals surface area contributed by atoms with Crippen molar-refractivity contribution >= 4 is 22.4 Å². The molecule has 0 aromatic carbocycles. The summed E-state index contributed by atoms with van der Waals surface area (Å²) >= 11 is 1.45. The molecule has 1 aliphatic heterocycles. The first-order valence-corrected chi connectivity index (χ1v) is 6.84. The van der Waals surface area contributed by atoms with Gasteiger partial charge in [0, 0.05) is 13.1 Å². The summed E-state index contributed by atoms with van der Waals surface area (Å²) in [5.41, 5.74) is 0.779. The van der Waals surface area contributed by atoms with E-state index >= 15 is 0 Å². The molecule has 0 aliphatic carbocycles. The number of aromatic nitrogens is 1. The molecule has 0 atom stereocenters. The maximum Gasteiger partial charge on any atom is 0.350 e. The van der Waals surface area contributed by atoms with Crippen LogP contribution in [0.15, 0.2) is 0 Å². The third-order valence-corrected chi connectivity index (χ3v) is 4.23. The smallest absolute Gasteiger partial charge is 0.350 e. The summed E-state index contributed by atoms with van der Waals surface area (Å²) in [6.45, 7) is 3.96. The van der Waals surface area contributed by atoms with Crippen LogP contribution in [0.5, 0.6) is 0 Å². The second kappa shape index (κ2) is 5.49. The van der Waals surface area contributed by atoms with Crippen LogP contribution in [0, 0.1) is 6.92 Å². The Morgan fingerprint density at radius 1 is 1.29 bits per heavy atom. The third-order valence-electron chi connectivity index (χ3n) is 3.03. The first-order chi connectivity index (χ1) is 8.22. The van der Waals surface area contributed by atoms with Gasteiger partial charge < -0.3 is 9.64 Å². The summed E-state index contributed by atoms with van der Waals surface area (Å²) in [5.74, 6) is -0.277. The van der Waals surface area contributed by atoms with E-state index in [9.17, 15) is 4.79 Å². The number of carbonyl (C=O) groups is 1. The molecule has 4 nitrogen and oxygen atoms in total. The van der Waals surface area contributed by atoms with Gasteiger partial charge in [-0.1, -0.05) is 24.2 Å². The van der Waals surface area contributed by atoms with Crippen LogP contribution >= 0.6 is 11.3 Å². The van der Waals surface area contributed by atoms with Crippen molar-refractivity contribution in [3.8, 4) is 0 Å². The van der Waals surface area contributed by atoms with Gasteiger partial charge in [0.05, 0.1) is 12.8 Å². The topological polar surface area (TPSA) is 42.4 Å². The Kier molecular flexibility index (Phi) is 3.99. The highest BCUT2D eigenvalue weighted by Gasteiger charge is 2.19. The SMILES string of the molecule is COC(=O)c1sc(N2CCCCCC2)nc1C. The molecule has 2 rings (SSSR count). The maximum atomic E-state index is 11.5. The van der Waals surface area contributed by atoms with Crippen LogP contribution in [0.1, 0.15) is 41.0 Å². The lowest BCUT2D eigenvalue weighted by Crippen LogP contribution is -2.23. The summed E-state index contributed by atoms with van der Waals surface area (Å²) < 4.78 is 4.76. The Hall–Kier alpha value is -1.10. The third kappa shape index (κ3) is 2.77. The zero-order valence-corrected chi connectivity index (χ0v) is 11.2. The van der Waals surface area contributed by atoms with Crippen LogP contribution in [0.2, 0.25) is 0 Å². The van der Waals surface area contributed by atoms with E-state index in [1.807, 2.05) is 6.92 Å². The van der Waals surface area contributed by atoms with Gasteiger partial charge in [0.15, 0.2) is 5.13 Å². The van der Waals surface area contributed by atoms with E-state index in [1.165, 1.54) is 44.1 Å². The largest absolute Gasteiger partial charge is 0.465 e. The predicted molar refractivity (Wildman–Crippen MR) is 68.9 cm³/mol. The Labute approximate surface area is 106 Å². The van der Waals surface area contributed by atoms with Crippen molar-refractivity contribution in [3.63, 3.8) is 0 Å². The molecule has 0 amide bonds. The highest BCUT2D eigenvalue weighted by atomic mass is 32.1. The van der Waals surface area contributed by atoms with Crippen LogP contribution in [-0.4, -0.2) is 31.2 Å². The minimum atomic E-state index is -0.277. The highest BCUT2D eigenvalue weighted by molar-refractivity contribution is 7.17. The summed E-state index contributed by atoms with van der Waals surface area (Å²) in [4.78, 5) is 18.9. The summed E-state index contributed by atoms with van der Waals surface area (Å²) in [5, 5.41) is 0.963. The molecular weight excluding hydrogens is 236 g/mol. The molecule has 94 valence electrons. The van der Waals surface area contributed by atoms with Crippen LogP contribution in [0.4, 0.5) is 5.13 Å².